The van der Waals surface area contributed by atoms with Crippen LogP contribution in [0.3, 0.4) is 0 Å². The van der Waals surface area contributed by atoms with Crippen LogP contribution in [0.25, 0.3) is 22.0 Å². The summed E-state index contributed by atoms with van der Waals surface area (Å²) in [6, 6.07) is 7.83. The number of carbonyl (C=O) groups excluding carboxylic acids is 1. The number of nitrogens with zero attached hydrogens (tertiary/aromatic N) is 7. The van der Waals surface area contributed by atoms with Crippen LogP contribution in [0.2, 0.25) is 0 Å². The van der Waals surface area contributed by atoms with E-state index in [1.165, 1.54) is 0 Å². The molecule has 10 heteroatoms. The monoisotopic (exact) mass is 523 g/mol. The first-order valence-electron chi connectivity index (χ1n) is 12.7. The van der Waals surface area contributed by atoms with Crippen molar-refractivity contribution in [1.29, 1.82) is 0 Å². The van der Waals surface area contributed by atoms with Crippen molar-refractivity contribution in [1.82, 2.24) is 29.3 Å². The van der Waals surface area contributed by atoms with Gasteiger partial charge in [-0.1, -0.05) is 0 Å². The van der Waals surface area contributed by atoms with Crippen molar-refractivity contribution in [2.45, 2.75) is 26.8 Å². The predicted octanol–water partition coefficient (Wildman–Crippen LogP) is 4.11. The smallest absolute Gasteiger partial charge is 0.259 e. The maximum atomic E-state index is 14.2. The number of aryl methyl sites for hydroxylation is 3. The lowest BCUT2D eigenvalue weighted by Crippen LogP contribution is -2.39. The van der Waals surface area contributed by atoms with E-state index in [0.717, 1.165) is 33.3 Å². The molecule has 3 aromatic heterocycles. The highest BCUT2D eigenvalue weighted by Crippen LogP contribution is 2.38. The van der Waals surface area contributed by atoms with Crippen molar-refractivity contribution in [3.63, 3.8) is 0 Å². The second-order valence-corrected chi connectivity index (χ2v) is 9.73. The lowest BCUT2D eigenvalue weighted by Gasteiger charge is -2.30. The minimum Gasteiger partial charge on any atom is -0.493 e. The van der Waals surface area contributed by atoms with E-state index in [9.17, 15) is 4.79 Å². The van der Waals surface area contributed by atoms with Crippen LogP contribution in [0.5, 0.6) is 11.5 Å². The number of hydrogen-bond donors (Lipinski definition) is 0. The summed E-state index contributed by atoms with van der Waals surface area (Å²) in [5, 5.41) is 5.29. The third-order valence-electron chi connectivity index (χ3n) is 7.15. The van der Waals surface area contributed by atoms with Gasteiger partial charge in [0.1, 0.15) is 11.6 Å². The molecule has 5 aromatic rings. The van der Waals surface area contributed by atoms with E-state index >= 15 is 0 Å². The number of methoxy groups -OCH3 is 2. The first kappa shape index (κ1) is 24.6. The lowest BCUT2D eigenvalue weighted by molar-refractivity contribution is 0.0980. The van der Waals surface area contributed by atoms with Crippen molar-refractivity contribution >= 4 is 22.6 Å². The number of fused-ring (bicyclic) bond motifs is 2. The fourth-order valence-corrected chi connectivity index (χ4v) is 5.41. The number of imidazole rings is 1. The molecule has 0 unspecified atom stereocenters. The molecule has 2 aromatic carbocycles. The van der Waals surface area contributed by atoms with E-state index in [1.54, 1.807) is 31.6 Å². The van der Waals surface area contributed by atoms with Gasteiger partial charge in [0.05, 0.1) is 31.8 Å². The Balaban J connectivity index is 1.51. The average Bonchev–Trinajstić information content (AvgIpc) is 3.56. The van der Waals surface area contributed by atoms with E-state index in [1.807, 2.05) is 60.7 Å². The highest BCUT2D eigenvalue weighted by Gasteiger charge is 2.31. The van der Waals surface area contributed by atoms with Crippen LogP contribution in [0.4, 0.5) is 5.82 Å². The number of ether oxygens (including phenoxy) is 2. The number of rotatable bonds is 6. The number of anilines is 1. The van der Waals surface area contributed by atoms with E-state index in [-0.39, 0.29) is 5.91 Å². The molecule has 0 fully saturated rings. The predicted molar refractivity (Wildman–Crippen MR) is 147 cm³/mol. The fourth-order valence-electron chi connectivity index (χ4n) is 5.41. The van der Waals surface area contributed by atoms with Crippen molar-refractivity contribution < 1.29 is 14.3 Å². The summed E-state index contributed by atoms with van der Waals surface area (Å²) >= 11 is 0. The van der Waals surface area contributed by atoms with Crippen LogP contribution < -0.4 is 14.4 Å². The van der Waals surface area contributed by atoms with Gasteiger partial charge in [-0.3, -0.25) is 14.4 Å². The van der Waals surface area contributed by atoms with Crippen molar-refractivity contribution in [3.8, 4) is 22.6 Å². The van der Waals surface area contributed by atoms with Gasteiger partial charge in [0.25, 0.3) is 5.91 Å². The molecule has 0 atom stereocenters. The topological polar surface area (TPSA) is 100 Å². The van der Waals surface area contributed by atoms with Crippen LogP contribution in [0, 0.1) is 13.8 Å². The molecule has 0 saturated carbocycles. The first-order chi connectivity index (χ1) is 18.9. The summed E-state index contributed by atoms with van der Waals surface area (Å²) in [6.45, 7) is 4.91. The van der Waals surface area contributed by atoms with Gasteiger partial charge in [-0.25, -0.2) is 15.0 Å². The largest absolute Gasteiger partial charge is 0.493 e. The molecule has 0 bridgehead atoms. The molecule has 4 heterocycles. The van der Waals surface area contributed by atoms with Crippen molar-refractivity contribution in [2.75, 3.05) is 25.7 Å². The van der Waals surface area contributed by atoms with Gasteiger partial charge in [0.15, 0.2) is 11.5 Å². The average molecular weight is 524 g/mol. The molecular weight excluding hydrogens is 494 g/mol. The third-order valence-corrected chi connectivity index (χ3v) is 7.15. The highest BCUT2D eigenvalue weighted by atomic mass is 16.5. The normalized spacial score (nSPS) is 13.2. The van der Waals surface area contributed by atoms with Crippen LogP contribution in [-0.4, -0.2) is 56.0 Å². The summed E-state index contributed by atoms with van der Waals surface area (Å²) < 4.78 is 14.8. The van der Waals surface area contributed by atoms with Crippen LogP contribution in [0.15, 0.2) is 49.2 Å². The lowest BCUT2D eigenvalue weighted by atomic mass is 9.88. The first-order valence-corrected chi connectivity index (χ1v) is 12.7. The third kappa shape index (κ3) is 4.27. The SMILES string of the molecule is COc1cc2nc(C)nc(N3CCc4c(cc(Cn5ccnc5)cc4-c4cn(C)nc4C)C3=O)c2cc1OC. The summed E-state index contributed by atoms with van der Waals surface area (Å²) in [7, 11) is 5.09. The van der Waals surface area contributed by atoms with E-state index in [0.29, 0.717) is 53.7 Å². The van der Waals surface area contributed by atoms with E-state index in [2.05, 4.69) is 21.1 Å². The van der Waals surface area contributed by atoms with Gasteiger partial charge in [0, 0.05) is 61.3 Å². The molecule has 1 aliphatic rings. The van der Waals surface area contributed by atoms with Gasteiger partial charge in [-0.15, -0.1) is 0 Å². The number of carbonyl (C=O) groups is 1. The Hall–Kier alpha value is -4.73. The van der Waals surface area contributed by atoms with Gasteiger partial charge < -0.3 is 14.0 Å². The van der Waals surface area contributed by atoms with E-state index < -0.39 is 0 Å². The molecule has 0 spiro atoms. The quantitative estimate of drug-likeness (QED) is 0.330. The Bertz CT molecular complexity index is 1720. The Morgan fingerprint density at radius 1 is 0.974 bits per heavy atom. The molecule has 0 N–H and O–H groups in total. The highest BCUT2D eigenvalue weighted by molar-refractivity contribution is 6.12. The Labute approximate surface area is 225 Å². The van der Waals surface area contributed by atoms with Crippen LogP contribution >= 0.6 is 0 Å². The molecule has 198 valence electrons. The summed E-state index contributed by atoms with van der Waals surface area (Å²) in [6.07, 6.45) is 8.14. The maximum Gasteiger partial charge on any atom is 0.259 e. The molecule has 10 nitrogen and oxygen atoms in total. The second kappa shape index (κ2) is 9.54. The molecule has 1 aliphatic heterocycles. The second-order valence-electron chi connectivity index (χ2n) is 9.73. The van der Waals surface area contributed by atoms with Crippen LogP contribution in [0.1, 0.15) is 33.0 Å². The van der Waals surface area contributed by atoms with Gasteiger partial charge in [-0.2, -0.15) is 5.10 Å². The molecule has 0 saturated heterocycles. The molecular formula is C29H29N7O3. The van der Waals surface area contributed by atoms with E-state index in [4.69, 9.17) is 14.5 Å². The molecule has 39 heavy (non-hydrogen) atoms. The van der Waals surface area contributed by atoms with Gasteiger partial charge >= 0.3 is 0 Å². The molecule has 1 amide bonds. The maximum absolute atomic E-state index is 14.2. The molecule has 0 radical (unpaired) electrons. The minimum atomic E-state index is -0.0966. The number of amides is 1. The fraction of sp³-hybridized carbons (Fsp3) is 0.276. The summed E-state index contributed by atoms with van der Waals surface area (Å²) in [5.41, 5.74) is 6.38. The van der Waals surface area contributed by atoms with Crippen molar-refractivity contribution in [2.24, 2.45) is 7.05 Å². The zero-order valence-electron chi connectivity index (χ0n) is 22.6. The zero-order valence-corrected chi connectivity index (χ0v) is 22.6. The Kier molecular flexibility index (Phi) is 6.02. The molecule has 6 rings (SSSR count). The van der Waals surface area contributed by atoms with Gasteiger partial charge in [-0.05, 0) is 55.2 Å². The van der Waals surface area contributed by atoms with Crippen LogP contribution in [-0.2, 0) is 20.0 Å². The standard InChI is InChI=1S/C29H29N7O3/c1-17-24(15-34(3)33-17)21-10-19(14-35-9-7-30-16-35)11-22-20(21)6-8-36(29(22)37)28-23-12-26(38-4)27(39-5)13-25(23)31-18(2)32-28/h7,9-13,15-16H,6,8,14H2,1-5H3. The summed E-state index contributed by atoms with van der Waals surface area (Å²) in [4.78, 5) is 29.5. The van der Waals surface area contributed by atoms with Crippen molar-refractivity contribution in [3.05, 3.63) is 77.4 Å². The Morgan fingerprint density at radius 3 is 2.44 bits per heavy atom. The number of benzene rings is 2. The zero-order chi connectivity index (χ0) is 27.3. The number of aromatic nitrogens is 6. The summed E-state index contributed by atoms with van der Waals surface area (Å²) in [5.74, 6) is 2.17. The Morgan fingerprint density at radius 2 is 1.74 bits per heavy atom. The van der Waals surface area contributed by atoms with Gasteiger partial charge in [0.2, 0.25) is 0 Å². The minimum absolute atomic E-state index is 0.0966. The molecule has 0 aliphatic carbocycles. The number of hydrogen-bond acceptors (Lipinski definition) is 7.